The molecule has 1 N–H and O–H groups in total. The van der Waals surface area contributed by atoms with Gasteiger partial charge in [0.1, 0.15) is 0 Å². The highest BCUT2D eigenvalue weighted by molar-refractivity contribution is 9.10. The number of rotatable bonds is 1. The molecule has 12 heavy (non-hydrogen) atoms. The van der Waals surface area contributed by atoms with Gasteiger partial charge in [0, 0.05) is 21.3 Å². The van der Waals surface area contributed by atoms with E-state index in [1.807, 2.05) is 0 Å². The summed E-state index contributed by atoms with van der Waals surface area (Å²) in [6.45, 7) is 2.59. The maximum Gasteiger partial charge on any atom is 0.0670 e. The molecule has 1 unspecified atom stereocenters. The van der Waals surface area contributed by atoms with Gasteiger partial charge in [0.25, 0.3) is 0 Å². The van der Waals surface area contributed by atoms with Crippen molar-refractivity contribution in [1.82, 2.24) is 5.32 Å². The first-order valence-electron chi connectivity index (χ1n) is 3.91. The maximum atomic E-state index is 5.37. The number of hydrogen-bond donors (Lipinski definition) is 1. The lowest BCUT2D eigenvalue weighted by molar-refractivity contribution is 0.0779. The molecule has 2 nitrogen and oxygen atoms in total. The van der Waals surface area contributed by atoms with Gasteiger partial charge in [-0.15, -0.1) is 11.3 Å². The predicted octanol–water partition coefficient (Wildman–Crippen LogP) is 2.17. The molecule has 1 saturated heterocycles. The molecular weight excluding hydrogens is 238 g/mol. The lowest BCUT2D eigenvalue weighted by Gasteiger charge is -2.22. The van der Waals surface area contributed by atoms with E-state index in [-0.39, 0.29) is 0 Å². The van der Waals surface area contributed by atoms with Crippen LogP contribution in [0.5, 0.6) is 0 Å². The third-order valence-corrected chi connectivity index (χ3v) is 3.66. The second-order valence-electron chi connectivity index (χ2n) is 2.75. The standard InChI is InChI=1S/C8H10BrNOS/c9-6-3-8(12-5-6)7-4-11-2-1-10-7/h3,5,7,10H,1-2,4H2. The third-order valence-electron chi connectivity index (χ3n) is 1.85. The average molecular weight is 248 g/mol. The van der Waals surface area contributed by atoms with Gasteiger partial charge < -0.3 is 10.1 Å². The van der Waals surface area contributed by atoms with Crippen molar-refractivity contribution in [1.29, 1.82) is 0 Å². The summed E-state index contributed by atoms with van der Waals surface area (Å²) < 4.78 is 6.54. The molecule has 0 spiro atoms. The Labute approximate surface area is 84.1 Å². The first kappa shape index (κ1) is 8.69. The van der Waals surface area contributed by atoms with Crippen LogP contribution in [0.3, 0.4) is 0 Å². The van der Waals surface area contributed by atoms with Crippen LogP contribution in [0.4, 0.5) is 0 Å². The third kappa shape index (κ3) is 1.88. The zero-order chi connectivity index (χ0) is 8.39. The van der Waals surface area contributed by atoms with Crippen molar-refractivity contribution < 1.29 is 4.74 Å². The molecule has 1 aromatic rings. The first-order valence-corrected chi connectivity index (χ1v) is 5.58. The van der Waals surface area contributed by atoms with Gasteiger partial charge in [0.15, 0.2) is 0 Å². The molecule has 0 saturated carbocycles. The van der Waals surface area contributed by atoms with E-state index >= 15 is 0 Å². The van der Waals surface area contributed by atoms with Crippen LogP contribution in [0, 0.1) is 0 Å². The fourth-order valence-electron chi connectivity index (χ4n) is 1.26. The summed E-state index contributed by atoms with van der Waals surface area (Å²) in [4.78, 5) is 1.35. The highest BCUT2D eigenvalue weighted by Gasteiger charge is 2.16. The summed E-state index contributed by atoms with van der Waals surface area (Å²) in [6, 6.07) is 2.55. The van der Waals surface area contributed by atoms with Crippen molar-refractivity contribution >= 4 is 27.3 Å². The van der Waals surface area contributed by atoms with Crippen LogP contribution in [0.2, 0.25) is 0 Å². The Morgan fingerprint density at radius 2 is 2.58 bits per heavy atom. The summed E-state index contributed by atoms with van der Waals surface area (Å²) in [6.07, 6.45) is 0. The van der Waals surface area contributed by atoms with Gasteiger partial charge in [-0.05, 0) is 22.0 Å². The van der Waals surface area contributed by atoms with Gasteiger partial charge in [-0.2, -0.15) is 0 Å². The zero-order valence-corrected chi connectivity index (χ0v) is 8.95. The highest BCUT2D eigenvalue weighted by atomic mass is 79.9. The molecule has 4 heteroatoms. The molecule has 66 valence electrons. The van der Waals surface area contributed by atoms with E-state index in [4.69, 9.17) is 4.74 Å². The normalized spacial score (nSPS) is 24.2. The van der Waals surface area contributed by atoms with E-state index in [0.29, 0.717) is 6.04 Å². The maximum absolute atomic E-state index is 5.37. The first-order chi connectivity index (χ1) is 5.86. The fourth-order valence-corrected chi connectivity index (χ4v) is 2.77. The Morgan fingerprint density at radius 3 is 3.17 bits per heavy atom. The molecule has 1 aromatic heterocycles. The van der Waals surface area contributed by atoms with Crippen molar-refractivity contribution in [2.24, 2.45) is 0 Å². The minimum absolute atomic E-state index is 0.398. The molecule has 0 amide bonds. The lowest BCUT2D eigenvalue weighted by Crippen LogP contribution is -2.33. The molecule has 1 aliphatic heterocycles. The largest absolute Gasteiger partial charge is 0.378 e. The van der Waals surface area contributed by atoms with E-state index in [2.05, 4.69) is 32.7 Å². The Balaban J connectivity index is 2.08. The highest BCUT2D eigenvalue weighted by Crippen LogP contribution is 2.26. The van der Waals surface area contributed by atoms with Crippen LogP contribution in [0.25, 0.3) is 0 Å². The summed E-state index contributed by atoms with van der Waals surface area (Å²) >= 11 is 5.21. The van der Waals surface area contributed by atoms with E-state index in [9.17, 15) is 0 Å². The Kier molecular flexibility index (Phi) is 2.80. The number of morpholine rings is 1. The van der Waals surface area contributed by atoms with Crippen molar-refractivity contribution in [3.63, 3.8) is 0 Å². The number of halogens is 1. The number of nitrogens with one attached hydrogen (secondary N) is 1. The number of hydrogen-bond acceptors (Lipinski definition) is 3. The smallest absolute Gasteiger partial charge is 0.0670 e. The van der Waals surface area contributed by atoms with Crippen LogP contribution < -0.4 is 5.32 Å². The van der Waals surface area contributed by atoms with Gasteiger partial charge in [0.05, 0.1) is 19.3 Å². The van der Waals surface area contributed by atoms with Crippen LogP contribution in [0.1, 0.15) is 10.9 Å². The second kappa shape index (κ2) is 3.87. The summed E-state index contributed by atoms with van der Waals surface area (Å²) in [7, 11) is 0. The minimum atomic E-state index is 0.398. The molecule has 1 fully saturated rings. The minimum Gasteiger partial charge on any atom is -0.378 e. The van der Waals surface area contributed by atoms with Crippen LogP contribution in [-0.2, 0) is 4.74 Å². The topological polar surface area (TPSA) is 21.3 Å². The van der Waals surface area contributed by atoms with E-state index in [1.54, 1.807) is 11.3 Å². The predicted molar refractivity (Wildman–Crippen MR) is 53.6 cm³/mol. The Hall–Kier alpha value is 0.1000. The fraction of sp³-hybridized carbons (Fsp3) is 0.500. The summed E-state index contributed by atoms with van der Waals surface area (Å²) in [5.41, 5.74) is 0. The summed E-state index contributed by atoms with van der Waals surface area (Å²) in [5, 5.41) is 5.52. The SMILES string of the molecule is Brc1csc(C2COCCN2)c1. The Morgan fingerprint density at radius 1 is 1.67 bits per heavy atom. The summed E-state index contributed by atoms with van der Waals surface area (Å²) in [5.74, 6) is 0. The second-order valence-corrected chi connectivity index (χ2v) is 4.61. The van der Waals surface area contributed by atoms with Crippen LogP contribution >= 0.6 is 27.3 Å². The number of ether oxygens (including phenoxy) is 1. The van der Waals surface area contributed by atoms with Gasteiger partial charge in [-0.3, -0.25) is 0 Å². The van der Waals surface area contributed by atoms with Gasteiger partial charge in [0.2, 0.25) is 0 Å². The average Bonchev–Trinajstić information content (AvgIpc) is 2.54. The molecule has 0 bridgehead atoms. The van der Waals surface area contributed by atoms with Gasteiger partial charge in [-0.25, -0.2) is 0 Å². The zero-order valence-electron chi connectivity index (χ0n) is 6.55. The molecule has 1 aliphatic rings. The van der Waals surface area contributed by atoms with Crippen molar-refractivity contribution in [2.75, 3.05) is 19.8 Å². The Bertz CT molecular complexity index is 257. The van der Waals surface area contributed by atoms with E-state index in [1.165, 1.54) is 4.88 Å². The monoisotopic (exact) mass is 247 g/mol. The molecule has 2 heterocycles. The molecule has 2 rings (SSSR count). The van der Waals surface area contributed by atoms with Crippen molar-refractivity contribution in [3.05, 3.63) is 20.8 Å². The van der Waals surface area contributed by atoms with E-state index in [0.717, 1.165) is 24.2 Å². The van der Waals surface area contributed by atoms with Crippen molar-refractivity contribution in [2.45, 2.75) is 6.04 Å². The molecule has 0 aromatic carbocycles. The van der Waals surface area contributed by atoms with Gasteiger partial charge >= 0.3 is 0 Å². The molecular formula is C8H10BrNOS. The lowest BCUT2D eigenvalue weighted by atomic mass is 10.2. The van der Waals surface area contributed by atoms with Gasteiger partial charge in [-0.1, -0.05) is 0 Å². The van der Waals surface area contributed by atoms with E-state index < -0.39 is 0 Å². The number of thiophene rings is 1. The quantitative estimate of drug-likeness (QED) is 0.822. The molecule has 1 atom stereocenters. The molecule has 0 radical (unpaired) electrons. The van der Waals surface area contributed by atoms with Crippen LogP contribution in [-0.4, -0.2) is 19.8 Å². The van der Waals surface area contributed by atoms with Crippen molar-refractivity contribution in [3.8, 4) is 0 Å². The van der Waals surface area contributed by atoms with Crippen LogP contribution in [0.15, 0.2) is 15.9 Å². The molecule has 0 aliphatic carbocycles.